The van der Waals surface area contributed by atoms with Crippen LogP contribution in [-0.4, -0.2) is 77.7 Å². The first-order chi connectivity index (χ1) is 23.7. The lowest BCUT2D eigenvalue weighted by Gasteiger charge is -2.42. The molecule has 8 nitrogen and oxygen atoms in total. The number of hydrogen-bond acceptors (Lipinski definition) is 5. The molecule has 2 unspecified atom stereocenters. The van der Waals surface area contributed by atoms with Gasteiger partial charge in [-0.25, -0.2) is 4.39 Å². The molecule has 2 aliphatic heterocycles. The molecule has 1 saturated heterocycles. The number of amides is 3. The first-order valence-electron chi connectivity index (χ1n) is 17.5. The van der Waals surface area contributed by atoms with Gasteiger partial charge in [-0.1, -0.05) is 92.9 Å². The molecule has 10 heteroatoms. The van der Waals surface area contributed by atoms with Crippen molar-refractivity contribution in [1.29, 1.82) is 0 Å². The number of carbonyl (C=O) groups excluding carboxylic acids is 3. The molecule has 3 amide bonds. The van der Waals surface area contributed by atoms with Crippen LogP contribution in [0.2, 0.25) is 5.02 Å². The molecule has 0 saturated carbocycles. The number of rotatable bonds is 14. The standard InChI is InChI=1S/C39H49ClFN5O3/c1-4-28(5-2)25-46(27(3)47)26-37(33-12-8-9-13-34(33)41)44-18-20-45(21-19-44)39(49)36(22-29-14-16-31(40)17-15-29)43-38(48)23-35-32-11-7-6-10-30(32)24-42-35/h6-17,28,35-37,42H,4-5,18-26H2,1-3H3,(H,43,48)/t35?,36-,37?/m1/s1. The van der Waals surface area contributed by atoms with Crippen molar-refractivity contribution >= 4 is 29.3 Å². The molecule has 0 aliphatic carbocycles. The maximum absolute atomic E-state index is 15.3. The lowest BCUT2D eigenvalue weighted by Crippen LogP contribution is -2.57. The first-order valence-corrected chi connectivity index (χ1v) is 17.9. The summed E-state index contributed by atoms with van der Waals surface area (Å²) in [6.45, 7) is 9.39. The molecule has 1 fully saturated rings. The predicted molar refractivity (Wildman–Crippen MR) is 191 cm³/mol. The van der Waals surface area contributed by atoms with Crippen molar-refractivity contribution in [3.05, 3.63) is 106 Å². The van der Waals surface area contributed by atoms with Crippen molar-refractivity contribution in [3.63, 3.8) is 0 Å². The van der Waals surface area contributed by atoms with Gasteiger partial charge in [0.2, 0.25) is 17.7 Å². The highest BCUT2D eigenvalue weighted by atomic mass is 35.5. The zero-order valence-corrected chi connectivity index (χ0v) is 29.6. The van der Waals surface area contributed by atoms with Gasteiger partial charge in [0.05, 0.1) is 6.04 Å². The number of halogens is 2. The molecule has 0 radical (unpaired) electrons. The van der Waals surface area contributed by atoms with E-state index in [1.807, 2.05) is 41.3 Å². The van der Waals surface area contributed by atoms with Crippen molar-refractivity contribution in [2.24, 2.45) is 5.92 Å². The highest BCUT2D eigenvalue weighted by Crippen LogP contribution is 2.29. The van der Waals surface area contributed by atoms with Crippen LogP contribution in [0.25, 0.3) is 0 Å². The van der Waals surface area contributed by atoms with Crippen LogP contribution in [0.1, 0.15) is 74.4 Å². The minimum Gasteiger partial charge on any atom is -0.344 e. The van der Waals surface area contributed by atoms with E-state index < -0.39 is 6.04 Å². The lowest BCUT2D eigenvalue weighted by atomic mass is 9.99. The molecule has 3 aromatic rings. The fourth-order valence-corrected chi connectivity index (χ4v) is 7.21. The monoisotopic (exact) mass is 689 g/mol. The topological polar surface area (TPSA) is 85.0 Å². The van der Waals surface area contributed by atoms with E-state index in [2.05, 4.69) is 35.4 Å². The van der Waals surface area contributed by atoms with E-state index in [4.69, 9.17) is 11.6 Å². The summed E-state index contributed by atoms with van der Waals surface area (Å²) >= 11 is 6.13. The second-order valence-corrected chi connectivity index (χ2v) is 13.7. The normalized spacial score (nSPS) is 17.4. The van der Waals surface area contributed by atoms with Gasteiger partial charge in [-0.15, -0.1) is 0 Å². The molecule has 0 aromatic heterocycles. The molecule has 3 aromatic carbocycles. The smallest absolute Gasteiger partial charge is 0.245 e. The highest BCUT2D eigenvalue weighted by Gasteiger charge is 2.34. The van der Waals surface area contributed by atoms with E-state index in [0.717, 1.165) is 24.0 Å². The van der Waals surface area contributed by atoms with Crippen LogP contribution < -0.4 is 10.6 Å². The van der Waals surface area contributed by atoms with E-state index >= 15 is 4.39 Å². The fraction of sp³-hybridized carbons (Fsp3) is 0.462. The minimum absolute atomic E-state index is 0.0286. The van der Waals surface area contributed by atoms with Gasteiger partial charge in [0.1, 0.15) is 11.9 Å². The van der Waals surface area contributed by atoms with Gasteiger partial charge < -0.3 is 20.4 Å². The highest BCUT2D eigenvalue weighted by molar-refractivity contribution is 6.30. The quantitative estimate of drug-likeness (QED) is 0.220. The Balaban J connectivity index is 1.29. The summed E-state index contributed by atoms with van der Waals surface area (Å²) in [5, 5.41) is 7.08. The molecule has 5 rings (SSSR count). The van der Waals surface area contributed by atoms with Crippen LogP contribution in [0.3, 0.4) is 0 Å². The van der Waals surface area contributed by atoms with Crippen molar-refractivity contribution in [2.45, 2.75) is 71.1 Å². The van der Waals surface area contributed by atoms with E-state index in [-0.39, 0.29) is 42.0 Å². The second-order valence-electron chi connectivity index (χ2n) is 13.3. The first kappa shape index (κ1) is 36.5. The van der Waals surface area contributed by atoms with Crippen LogP contribution in [-0.2, 0) is 27.3 Å². The van der Waals surface area contributed by atoms with Crippen LogP contribution in [0.15, 0.2) is 72.8 Å². The molecule has 49 heavy (non-hydrogen) atoms. The average Bonchev–Trinajstić information content (AvgIpc) is 3.51. The summed E-state index contributed by atoms with van der Waals surface area (Å²) in [4.78, 5) is 46.2. The number of hydrogen-bond donors (Lipinski definition) is 2. The lowest BCUT2D eigenvalue weighted by molar-refractivity contribution is -0.138. The molecule has 262 valence electrons. The summed E-state index contributed by atoms with van der Waals surface area (Å²) < 4.78 is 15.3. The predicted octanol–water partition coefficient (Wildman–Crippen LogP) is 5.91. The molecular formula is C39H49ClFN5O3. The van der Waals surface area contributed by atoms with E-state index in [9.17, 15) is 14.4 Å². The van der Waals surface area contributed by atoms with Gasteiger partial charge in [-0.05, 0) is 40.8 Å². The van der Waals surface area contributed by atoms with Gasteiger partial charge in [0, 0.05) is 82.2 Å². The molecule has 2 N–H and O–H groups in total. The van der Waals surface area contributed by atoms with Gasteiger partial charge in [0.25, 0.3) is 0 Å². The third kappa shape index (κ3) is 9.47. The Morgan fingerprint density at radius 3 is 2.29 bits per heavy atom. The molecule has 2 aliphatic rings. The zero-order valence-electron chi connectivity index (χ0n) is 28.8. The number of benzene rings is 3. The molecule has 0 bridgehead atoms. The van der Waals surface area contributed by atoms with Gasteiger partial charge in [-0.2, -0.15) is 0 Å². The van der Waals surface area contributed by atoms with Crippen LogP contribution in [0.4, 0.5) is 4.39 Å². The molecule has 0 spiro atoms. The summed E-state index contributed by atoms with van der Waals surface area (Å²) in [6, 6.07) is 20.9. The minimum atomic E-state index is -0.757. The Morgan fingerprint density at radius 1 is 0.939 bits per heavy atom. The van der Waals surface area contributed by atoms with Crippen LogP contribution >= 0.6 is 11.6 Å². The number of carbonyl (C=O) groups is 3. The Bertz CT molecular complexity index is 1570. The van der Waals surface area contributed by atoms with Crippen molar-refractivity contribution in [1.82, 2.24) is 25.3 Å². The Morgan fingerprint density at radius 2 is 1.61 bits per heavy atom. The molecular weight excluding hydrogens is 641 g/mol. The number of nitrogens with one attached hydrogen (secondary N) is 2. The largest absolute Gasteiger partial charge is 0.344 e. The molecule has 2 heterocycles. The van der Waals surface area contributed by atoms with E-state index in [1.165, 1.54) is 11.6 Å². The SMILES string of the molecule is CCC(CC)CN(CC(c1ccccc1F)N1CCN(C(=O)[C@@H](Cc2ccc(Cl)cc2)NC(=O)CC2NCc3ccccc32)CC1)C(C)=O. The number of nitrogens with zero attached hydrogens (tertiary/aromatic N) is 3. The molecule has 3 atom stereocenters. The second kappa shape index (κ2) is 17.2. The third-order valence-corrected chi connectivity index (χ3v) is 10.4. The Kier molecular flexibility index (Phi) is 12.8. The van der Waals surface area contributed by atoms with Crippen molar-refractivity contribution in [2.75, 3.05) is 39.3 Å². The summed E-state index contributed by atoms with van der Waals surface area (Å²) in [5.74, 6) is -0.307. The van der Waals surface area contributed by atoms with E-state index in [1.54, 1.807) is 36.1 Å². The van der Waals surface area contributed by atoms with Crippen molar-refractivity contribution in [3.8, 4) is 0 Å². The van der Waals surface area contributed by atoms with Gasteiger partial charge >= 0.3 is 0 Å². The fourth-order valence-electron chi connectivity index (χ4n) is 7.08. The zero-order chi connectivity index (χ0) is 34.9. The summed E-state index contributed by atoms with van der Waals surface area (Å²) in [7, 11) is 0. The maximum Gasteiger partial charge on any atom is 0.245 e. The van der Waals surface area contributed by atoms with Gasteiger partial charge in [0.15, 0.2) is 0 Å². The average molecular weight is 690 g/mol. The Hall–Kier alpha value is -3.79. The number of piperazine rings is 1. The maximum atomic E-state index is 15.3. The number of fused-ring (bicyclic) bond motifs is 1. The Labute approximate surface area is 295 Å². The summed E-state index contributed by atoms with van der Waals surface area (Å²) in [5.41, 5.74) is 3.74. The van der Waals surface area contributed by atoms with E-state index in [0.29, 0.717) is 68.7 Å². The van der Waals surface area contributed by atoms with Crippen LogP contribution in [0, 0.1) is 11.7 Å². The van der Waals surface area contributed by atoms with Crippen LogP contribution in [0.5, 0.6) is 0 Å². The third-order valence-electron chi connectivity index (χ3n) is 10.1. The van der Waals surface area contributed by atoms with Gasteiger partial charge in [-0.3, -0.25) is 19.3 Å². The summed E-state index contributed by atoms with van der Waals surface area (Å²) in [6.07, 6.45) is 2.48. The van der Waals surface area contributed by atoms with Crippen molar-refractivity contribution < 1.29 is 18.8 Å².